The number of aryl methyl sites for hydroxylation is 1. The van der Waals surface area contributed by atoms with Crippen molar-refractivity contribution in [2.75, 3.05) is 11.1 Å². The number of anilines is 3. The smallest absolute Gasteiger partial charge is 0.293 e. The molecule has 0 spiro atoms. The Hall–Kier alpha value is -2.30. The van der Waals surface area contributed by atoms with Gasteiger partial charge in [-0.3, -0.25) is 4.79 Å². The first-order chi connectivity index (χ1) is 8.20. The summed E-state index contributed by atoms with van der Waals surface area (Å²) in [5, 5.41) is 2.97. The Morgan fingerprint density at radius 2 is 2.06 bits per heavy atom. The fraction of sp³-hybridized carbons (Fsp3) is 0.167. The lowest BCUT2D eigenvalue weighted by Gasteiger charge is -2.07. The summed E-state index contributed by atoms with van der Waals surface area (Å²) in [6.45, 7) is 2.53. The molecule has 0 radical (unpaired) electrons. The summed E-state index contributed by atoms with van der Waals surface area (Å²) in [6, 6.07) is 7.15. The highest BCUT2D eigenvalue weighted by molar-refractivity contribution is 5.58. The number of hydrogen-bond acceptors (Lipinski definition) is 4. The van der Waals surface area contributed by atoms with Crippen molar-refractivity contribution in [2.45, 2.75) is 13.5 Å². The molecular formula is C12H14N4O. The fourth-order valence-corrected chi connectivity index (χ4v) is 1.49. The SMILES string of the molecule is CCn1ccnc(Nc2ccc(N)cc2)c1=O. The number of nitrogens with one attached hydrogen (secondary N) is 1. The molecule has 0 aliphatic rings. The minimum Gasteiger partial charge on any atom is -0.399 e. The van der Waals surface area contributed by atoms with Gasteiger partial charge in [0.1, 0.15) is 0 Å². The largest absolute Gasteiger partial charge is 0.399 e. The lowest BCUT2D eigenvalue weighted by Crippen LogP contribution is -2.22. The Labute approximate surface area is 98.9 Å². The van der Waals surface area contributed by atoms with Crippen LogP contribution >= 0.6 is 0 Å². The van der Waals surface area contributed by atoms with Crippen molar-refractivity contribution in [1.82, 2.24) is 9.55 Å². The van der Waals surface area contributed by atoms with Gasteiger partial charge < -0.3 is 15.6 Å². The zero-order chi connectivity index (χ0) is 12.3. The van der Waals surface area contributed by atoms with Crippen LogP contribution in [0.3, 0.4) is 0 Å². The van der Waals surface area contributed by atoms with Crippen LogP contribution in [0.5, 0.6) is 0 Å². The van der Waals surface area contributed by atoms with Crippen molar-refractivity contribution >= 4 is 17.2 Å². The van der Waals surface area contributed by atoms with E-state index >= 15 is 0 Å². The number of nitrogens with two attached hydrogens (primary N) is 1. The molecule has 1 heterocycles. The fourth-order valence-electron chi connectivity index (χ4n) is 1.49. The molecule has 0 bridgehead atoms. The second-order valence-electron chi connectivity index (χ2n) is 3.61. The van der Waals surface area contributed by atoms with E-state index in [9.17, 15) is 4.79 Å². The molecule has 1 aromatic carbocycles. The van der Waals surface area contributed by atoms with E-state index in [0.717, 1.165) is 5.69 Å². The standard InChI is InChI=1S/C12H14N4O/c1-2-16-8-7-14-11(12(16)17)15-10-5-3-9(13)4-6-10/h3-8H,2,13H2,1H3,(H,14,15). The summed E-state index contributed by atoms with van der Waals surface area (Å²) in [5.41, 5.74) is 6.93. The minimum atomic E-state index is -0.133. The van der Waals surface area contributed by atoms with E-state index in [1.54, 1.807) is 41.2 Å². The second kappa shape index (κ2) is 4.69. The first kappa shape index (κ1) is 11.2. The third kappa shape index (κ3) is 2.44. The third-order valence-electron chi connectivity index (χ3n) is 2.43. The summed E-state index contributed by atoms with van der Waals surface area (Å²) in [7, 11) is 0. The van der Waals surface area contributed by atoms with Gasteiger partial charge in [0.15, 0.2) is 5.82 Å². The zero-order valence-electron chi connectivity index (χ0n) is 9.55. The summed E-state index contributed by atoms with van der Waals surface area (Å²) in [6.07, 6.45) is 3.26. The number of nitrogen functional groups attached to an aromatic ring is 1. The number of hydrogen-bond donors (Lipinski definition) is 2. The van der Waals surface area contributed by atoms with Gasteiger partial charge in [-0.2, -0.15) is 0 Å². The van der Waals surface area contributed by atoms with E-state index < -0.39 is 0 Å². The molecule has 0 fully saturated rings. The Kier molecular flexibility index (Phi) is 3.09. The molecule has 0 saturated heterocycles. The van der Waals surface area contributed by atoms with Gasteiger partial charge in [0.2, 0.25) is 0 Å². The van der Waals surface area contributed by atoms with E-state index in [-0.39, 0.29) is 5.56 Å². The lowest BCUT2D eigenvalue weighted by atomic mass is 10.3. The van der Waals surface area contributed by atoms with Gasteiger partial charge in [-0.1, -0.05) is 0 Å². The Morgan fingerprint density at radius 1 is 1.35 bits per heavy atom. The number of benzene rings is 1. The van der Waals surface area contributed by atoms with Crippen LogP contribution < -0.4 is 16.6 Å². The highest BCUT2D eigenvalue weighted by Gasteiger charge is 2.03. The predicted molar refractivity (Wildman–Crippen MR) is 68.3 cm³/mol. The molecule has 0 amide bonds. The van der Waals surface area contributed by atoms with Crippen molar-refractivity contribution in [3.05, 3.63) is 47.0 Å². The average molecular weight is 230 g/mol. The summed E-state index contributed by atoms with van der Waals surface area (Å²) < 4.78 is 1.59. The van der Waals surface area contributed by atoms with E-state index in [0.29, 0.717) is 18.1 Å². The zero-order valence-corrected chi connectivity index (χ0v) is 9.55. The van der Waals surface area contributed by atoms with Crippen LogP contribution in [-0.2, 0) is 6.54 Å². The summed E-state index contributed by atoms with van der Waals surface area (Å²) in [5.74, 6) is 0.319. The second-order valence-corrected chi connectivity index (χ2v) is 3.61. The molecule has 0 atom stereocenters. The van der Waals surface area contributed by atoms with Crippen LogP contribution in [0.2, 0.25) is 0 Å². The topological polar surface area (TPSA) is 72.9 Å². The quantitative estimate of drug-likeness (QED) is 0.785. The van der Waals surface area contributed by atoms with Gasteiger partial charge in [-0.05, 0) is 31.2 Å². The molecule has 5 heteroatoms. The Bertz CT molecular complexity index is 559. The number of nitrogens with zero attached hydrogens (tertiary/aromatic N) is 2. The van der Waals surface area contributed by atoms with Crippen LogP contribution in [-0.4, -0.2) is 9.55 Å². The molecule has 0 aliphatic carbocycles. The first-order valence-corrected chi connectivity index (χ1v) is 5.38. The molecule has 3 N–H and O–H groups in total. The minimum absolute atomic E-state index is 0.133. The lowest BCUT2D eigenvalue weighted by molar-refractivity contribution is 0.720. The summed E-state index contributed by atoms with van der Waals surface area (Å²) >= 11 is 0. The number of aromatic nitrogens is 2. The highest BCUT2D eigenvalue weighted by Crippen LogP contribution is 2.13. The molecule has 0 aliphatic heterocycles. The molecule has 1 aromatic heterocycles. The van der Waals surface area contributed by atoms with Crippen LogP contribution in [0.15, 0.2) is 41.5 Å². The summed E-state index contributed by atoms with van der Waals surface area (Å²) in [4.78, 5) is 15.9. The maximum Gasteiger partial charge on any atom is 0.293 e. The van der Waals surface area contributed by atoms with Crippen LogP contribution in [0.1, 0.15) is 6.92 Å². The molecule has 2 rings (SSSR count). The highest BCUT2D eigenvalue weighted by atomic mass is 16.1. The van der Waals surface area contributed by atoms with Crippen LogP contribution in [0.25, 0.3) is 0 Å². The van der Waals surface area contributed by atoms with E-state index in [1.165, 1.54) is 0 Å². The Morgan fingerprint density at radius 3 is 2.71 bits per heavy atom. The van der Waals surface area contributed by atoms with Gasteiger partial charge in [0.05, 0.1) is 0 Å². The van der Waals surface area contributed by atoms with Crippen molar-refractivity contribution in [3.63, 3.8) is 0 Å². The molecule has 0 saturated carbocycles. The Balaban J connectivity index is 2.30. The monoisotopic (exact) mass is 230 g/mol. The third-order valence-corrected chi connectivity index (χ3v) is 2.43. The number of rotatable bonds is 3. The van der Waals surface area contributed by atoms with E-state index in [4.69, 9.17) is 5.73 Å². The van der Waals surface area contributed by atoms with Gasteiger partial charge in [0, 0.05) is 30.3 Å². The molecular weight excluding hydrogens is 216 g/mol. The van der Waals surface area contributed by atoms with Crippen molar-refractivity contribution < 1.29 is 0 Å². The molecule has 2 aromatic rings. The normalized spacial score (nSPS) is 10.2. The van der Waals surface area contributed by atoms with Crippen molar-refractivity contribution in [3.8, 4) is 0 Å². The average Bonchev–Trinajstić information content (AvgIpc) is 2.35. The van der Waals surface area contributed by atoms with Crippen LogP contribution in [0.4, 0.5) is 17.2 Å². The molecule has 0 unspecified atom stereocenters. The molecule has 5 nitrogen and oxygen atoms in total. The molecule has 88 valence electrons. The van der Waals surface area contributed by atoms with Crippen LogP contribution in [0, 0.1) is 0 Å². The van der Waals surface area contributed by atoms with E-state index in [2.05, 4.69) is 10.3 Å². The van der Waals surface area contributed by atoms with Gasteiger partial charge >= 0.3 is 0 Å². The molecule has 17 heavy (non-hydrogen) atoms. The first-order valence-electron chi connectivity index (χ1n) is 5.38. The van der Waals surface area contributed by atoms with Gasteiger partial charge in [-0.15, -0.1) is 0 Å². The van der Waals surface area contributed by atoms with Crippen molar-refractivity contribution in [1.29, 1.82) is 0 Å². The van der Waals surface area contributed by atoms with Gasteiger partial charge in [-0.25, -0.2) is 4.98 Å². The van der Waals surface area contributed by atoms with E-state index in [1.807, 2.05) is 6.92 Å². The maximum atomic E-state index is 11.9. The van der Waals surface area contributed by atoms with Gasteiger partial charge in [0.25, 0.3) is 5.56 Å². The maximum absolute atomic E-state index is 11.9. The predicted octanol–water partition coefficient (Wildman–Crippen LogP) is 1.59. The van der Waals surface area contributed by atoms with Crippen molar-refractivity contribution in [2.24, 2.45) is 0 Å².